The van der Waals surface area contributed by atoms with E-state index in [2.05, 4.69) is 27.7 Å². The topological polar surface area (TPSA) is 54.5 Å². The first-order valence-electron chi connectivity index (χ1n) is 9.76. The van der Waals surface area contributed by atoms with Crippen LogP contribution in [-0.4, -0.2) is 40.0 Å². The van der Waals surface area contributed by atoms with Crippen molar-refractivity contribution in [3.05, 3.63) is 0 Å². The van der Waals surface area contributed by atoms with Gasteiger partial charge in [0.1, 0.15) is 5.78 Å². The number of carbonyl (C=O) groups excluding carboxylic acids is 3. The molecule has 2 rings (SSSR count). The van der Waals surface area contributed by atoms with Gasteiger partial charge in [0.15, 0.2) is 0 Å². The fraction of sp³-hybridized carbons (Fsp3) is 0.850. The number of amides is 2. The highest BCUT2D eigenvalue weighted by Crippen LogP contribution is 2.33. The van der Waals surface area contributed by atoms with Gasteiger partial charge in [-0.2, -0.15) is 0 Å². The number of rotatable bonds is 8. The fourth-order valence-corrected chi connectivity index (χ4v) is 4.93. The van der Waals surface area contributed by atoms with E-state index in [1.54, 1.807) is 11.8 Å². The van der Waals surface area contributed by atoms with Crippen LogP contribution < -0.4 is 0 Å². The molecule has 0 aromatic heterocycles. The van der Waals surface area contributed by atoms with Gasteiger partial charge < -0.3 is 0 Å². The van der Waals surface area contributed by atoms with Crippen LogP contribution in [0.2, 0.25) is 0 Å². The Morgan fingerprint density at radius 1 is 1.08 bits per heavy atom. The normalized spacial score (nSPS) is 27.6. The SMILES string of the molecule is CC(C)CSC1CC(=O)N(CC2CCC(C(=O)CC(C)C)CC2)C1=O. The summed E-state index contributed by atoms with van der Waals surface area (Å²) in [6, 6.07) is 0. The van der Waals surface area contributed by atoms with Gasteiger partial charge in [0.25, 0.3) is 0 Å². The van der Waals surface area contributed by atoms with Crippen LogP contribution in [0.15, 0.2) is 0 Å². The highest BCUT2D eigenvalue weighted by molar-refractivity contribution is 8.00. The van der Waals surface area contributed by atoms with E-state index in [1.165, 1.54) is 4.90 Å². The van der Waals surface area contributed by atoms with Crippen molar-refractivity contribution in [2.24, 2.45) is 23.7 Å². The quantitative estimate of drug-likeness (QED) is 0.610. The van der Waals surface area contributed by atoms with Gasteiger partial charge in [-0.3, -0.25) is 19.3 Å². The Bertz CT molecular complexity index is 495. The minimum absolute atomic E-state index is 0.00802. The number of hydrogen-bond acceptors (Lipinski definition) is 4. The highest BCUT2D eigenvalue weighted by Gasteiger charge is 2.40. The van der Waals surface area contributed by atoms with Gasteiger partial charge in [-0.05, 0) is 49.2 Å². The number of thioether (sulfide) groups is 1. The minimum atomic E-state index is -0.182. The Morgan fingerprint density at radius 2 is 1.72 bits per heavy atom. The molecule has 1 atom stereocenters. The molecule has 5 heteroatoms. The van der Waals surface area contributed by atoms with Crippen molar-refractivity contribution in [3.63, 3.8) is 0 Å². The van der Waals surface area contributed by atoms with Crippen LogP contribution in [0.25, 0.3) is 0 Å². The molecule has 2 aliphatic rings. The van der Waals surface area contributed by atoms with Gasteiger partial charge in [0.05, 0.1) is 5.25 Å². The van der Waals surface area contributed by atoms with E-state index < -0.39 is 0 Å². The maximum atomic E-state index is 12.5. The van der Waals surface area contributed by atoms with Crippen molar-refractivity contribution in [1.82, 2.24) is 4.90 Å². The number of nitrogens with zero attached hydrogens (tertiary/aromatic N) is 1. The van der Waals surface area contributed by atoms with Gasteiger partial charge in [0, 0.05) is 25.3 Å². The van der Waals surface area contributed by atoms with E-state index in [1.807, 2.05) is 0 Å². The zero-order chi connectivity index (χ0) is 18.6. The maximum absolute atomic E-state index is 12.5. The summed E-state index contributed by atoms with van der Waals surface area (Å²) >= 11 is 1.62. The van der Waals surface area contributed by atoms with Crippen LogP contribution in [0.5, 0.6) is 0 Å². The molecule has 142 valence electrons. The first-order chi connectivity index (χ1) is 11.8. The summed E-state index contributed by atoms with van der Waals surface area (Å²) < 4.78 is 0. The molecule has 25 heavy (non-hydrogen) atoms. The second-order valence-electron chi connectivity index (χ2n) is 8.54. The molecular formula is C20H33NO3S. The molecular weight excluding hydrogens is 334 g/mol. The number of hydrogen-bond donors (Lipinski definition) is 0. The average molecular weight is 368 g/mol. The smallest absolute Gasteiger partial charge is 0.242 e. The van der Waals surface area contributed by atoms with Crippen molar-refractivity contribution >= 4 is 29.4 Å². The Kier molecular flexibility index (Phi) is 7.53. The van der Waals surface area contributed by atoms with Crippen molar-refractivity contribution < 1.29 is 14.4 Å². The molecule has 2 fully saturated rings. The largest absolute Gasteiger partial charge is 0.299 e. The van der Waals surface area contributed by atoms with Crippen LogP contribution in [0.4, 0.5) is 0 Å². The first-order valence-corrected chi connectivity index (χ1v) is 10.8. The predicted octanol–water partition coefficient (Wildman–Crippen LogP) is 3.92. The van der Waals surface area contributed by atoms with Crippen molar-refractivity contribution in [2.45, 2.75) is 71.5 Å². The monoisotopic (exact) mass is 367 g/mol. The van der Waals surface area contributed by atoms with Crippen LogP contribution in [-0.2, 0) is 14.4 Å². The summed E-state index contributed by atoms with van der Waals surface area (Å²) in [4.78, 5) is 38.5. The lowest BCUT2D eigenvalue weighted by molar-refractivity contribution is -0.139. The van der Waals surface area contributed by atoms with Crippen LogP contribution in [0.3, 0.4) is 0 Å². The number of imide groups is 1. The standard InChI is InChI=1S/C20H33NO3S/c1-13(2)9-17(22)16-7-5-15(6-8-16)11-21-19(23)10-18(20(21)24)25-12-14(3)4/h13-16,18H,5-12H2,1-4H3. The molecule has 1 aliphatic carbocycles. The van der Waals surface area contributed by atoms with E-state index in [4.69, 9.17) is 0 Å². The molecule has 1 saturated heterocycles. The first kappa shape index (κ1) is 20.5. The molecule has 2 amide bonds. The summed E-state index contributed by atoms with van der Waals surface area (Å²) in [5.74, 6) is 2.82. The predicted molar refractivity (Wildman–Crippen MR) is 102 cm³/mol. The summed E-state index contributed by atoms with van der Waals surface area (Å²) in [5.41, 5.74) is 0. The second-order valence-corrected chi connectivity index (χ2v) is 9.78. The van der Waals surface area contributed by atoms with Gasteiger partial charge in [0.2, 0.25) is 11.8 Å². The van der Waals surface area contributed by atoms with Crippen LogP contribution in [0.1, 0.15) is 66.2 Å². The van der Waals surface area contributed by atoms with E-state index in [9.17, 15) is 14.4 Å². The number of ketones is 1. The molecule has 1 heterocycles. The third kappa shape index (κ3) is 5.83. The summed E-state index contributed by atoms with van der Waals surface area (Å²) in [5, 5.41) is -0.182. The fourth-order valence-electron chi connectivity index (χ4n) is 3.78. The Labute approximate surface area is 156 Å². The lowest BCUT2D eigenvalue weighted by Gasteiger charge is -2.30. The Morgan fingerprint density at radius 3 is 2.28 bits per heavy atom. The lowest BCUT2D eigenvalue weighted by atomic mass is 9.78. The Balaban J connectivity index is 1.80. The van der Waals surface area contributed by atoms with Crippen molar-refractivity contribution in [2.75, 3.05) is 12.3 Å². The molecule has 1 unspecified atom stereocenters. The Hall–Kier alpha value is -0.840. The van der Waals surface area contributed by atoms with Gasteiger partial charge in [-0.15, -0.1) is 11.8 Å². The zero-order valence-corrected chi connectivity index (χ0v) is 16.9. The van der Waals surface area contributed by atoms with Crippen molar-refractivity contribution in [3.8, 4) is 0 Å². The average Bonchev–Trinajstić information content (AvgIpc) is 2.80. The summed E-state index contributed by atoms with van der Waals surface area (Å²) in [6.45, 7) is 8.99. The van der Waals surface area contributed by atoms with E-state index in [-0.39, 0.29) is 23.0 Å². The summed E-state index contributed by atoms with van der Waals surface area (Å²) in [6.07, 6.45) is 4.77. The molecule has 0 aromatic carbocycles. The molecule has 0 spiro atoms. The van der Waals surface area contributed by atoms with E-state index in [0.717, 1.165) is 31.4 Å². The molecule has 1 aliphatic heterocycles. The number of Topliss-reactive ketones (excluding diaryl/α,β-unsaturated/α-hetero) is 1. The van der Waals surface area contributed by atoms with Crippen molar-refractivity contribution in [1.29, 1.82) is 0 Å². The van der Waals surface area contributed by atoms with E-state index in [0.29, 0.717) is 42.9 Å². The van der Waals surface area contributed by atoms with E-state index >= 15 is 0 Å². The third-order valence-electron chi connectivity index (χ3n) is 5.19. The summed E-state index contributed by atoms with van der Waals surface area (Å²) in [7, 11) is 0. The molecule has 0 aromatic rings. The van der Waals surface area contributed by atoms with Gasteiger partial charge in [-0.25, -0.2) is 0 Å². The third-order valence-corrected chi connectivity index (χ3v) is 6.82. The maximum Gasteiger partial charge on any atom is 0.242 e. The molecule has 1 saturated carbocycles. The minimum Gasteiger partial charge on any atom is -0.299 e. The molecule has 0 radical (unpaired) electrons. The number of carbonyl (C=O) groups is 3. The second kappa shape index (κ2) is 9.20. The zero-order valence-electron chi connectivity index (χ0n) is 16.1. The highest BCUT2D eigenvalue weighted by atomic mass is 32.2. The van der Waals surface area contributed by atoms with Gasteiger partial charge in [-0.1, -0.05) is 27.7 Å². The van der Waals surface area contributed by atoms with Crippen LogP contribution >= 0.6 is 11.8 Å². The number of likely N-dealkylation sites (tertiary alicyclic amines) is 1. The molecule has 0 bridgehead atoms. The molecule has 4 nitrogen and oxygen atoms in total. The van der Waals surface area contributed by atoms with Gasteiger partial charge >= 0.3 is 0 Å². The molecule has 0 N–H and O–H groups in total. The lowest BCUT2D eigenvalue weighted by Crippen LogP contribution is -2.37. The van der Waals surface area contributed by atoms with Crippen LogP contribution in [0, 0.1) is 23.7 Å².